The lowest BCUT2D eigenvalue weighted by Gasteiger charge is -1.99. The molecule has 0 bridgehead atoms. The maximum absolute atomic E-state index is 12.2. The molecule has 1 saturated heterocycles. The topological polar surface area (TPSA) is 54.4 Å². The van der Waals surface area contributed by atoms with Crippen molar-refractivity contribution in [3.63, 3.8) is 0 Å². The molecule has 1 N–H and O–H groups in total. The molecule has 6 heteroatoms. The number of aromatic nitrogens is 1. The van der Waals surface area contributed by atoms with Crippen LogP contribution in [-0.4, -0.2) is 22.6 Å². The zero-order valence-electron chi connectivity index (χ0n) is 14.4. The summed E-state index contributed by atoms with van der Waals surface area (Å²) in [5.74, 6) is -0.114. The summed E-state index contributed by atoms with van der Waals surface area (Å²) in [5, 5.41) is 5.24. The molecule has 134 valence electrons. The largest absolute Gasteiger partial charge is 0.301 e. The summed E-state index contributed by atoms with van der Waals surface area (Å²) in [6, 6.07) is 17.6. The van der Waals surface area contributed by atoms with Crippen molar-refractivity contribution in [2.75, 3.05) is 6.54 Å². The molecule has 1 aliphatic rings. The van der Waals surface area contributed by atoms with Gasteiger partial charge in [-0.25, -0.2) is 0 Å². The van der Waals surface area contributed by atoms with E-state index in [4.69, 9.17) is 11.6 Å². The molecule has 2 heterocycles. The van der Waals surface area contributed by atoms with Crippen LogP contribution in [0.25, 0.3) is 17.0 Å². The maximum atomic E-state index is 12.2. The average molecular weight is 394 g/mol. The van der Waals surface area contributed by atoms with Gasteiger partial charge in [0, 0.05) is 23.2 Å². The summed E-state index contributed by atoms with van der Waals surface area (Å²) >= 11 is 7.26. The second kappa shape index (κ2) is 7.94. The van der Waals surface area contributed by atoms with E-state index in [1.165, 1.54) is 17.3 Å². The summed E-state index contributed by atoms with van der Waals surface area (Å²) in [6.45, 7) is 0.610. The highest BCUT2D eigenvalue weighted by atomic mass is 35.5. The lowest BCUT2D eigenvalue weighted by molar-refractivity contribution is -0.115. The number of amidine groups is 1. The maximum Gasteiger partial charge on any atom is 0.264 e. The first-order chi connectivity index (χ1) is 13.2. The Labute approximate surface area is 166 Å². The van der Waals surface area contributed by atoms with Gasteiger partial charge in [-0.3, -0.25) is 14.8 Å². The molecule has 0 unspecified atom stereocenters. The minimum Gasteiger partial charge on any atom is -0.301 e. The summed E-state index contributed by atoms with van der Waals surface area (Å²) < 4.78 is 0. The quantitative estimate of drug-likeness (QED) is 0.654. The number of carbonyl (C=O) groups excluding carboxylic acids is 1. The van der Waals surface area contributed by atoms with Crippen LogP contribution >= 0.6 is 23.4 Å². The van der Waals surface area contributed by atoms with E-state index >= 15 is 0 Å². The van der Waals surface area contributed by atoms with Crippen molar-refractivity contribution >= 4 is 51.4 Å². The standard InChI is InChI=1S/C21H16ClN3OS/c22-17-6-3-14(4-7-17)9-11-24-21-25-20(26)19(27-21)13-15-5-8-18-16(12-15)2-1-10-23-18/h1-8,10,12-13H,9,11H2,(H,24,25,26)/b19-13-. The molecule has 0 aliphatic carbocycles. The van der Waals surface area contributed by atoms with Crippen molar-refractivity contribution < 1.29 is 4.79 Å². The Morgan fingerprint density at radius 1 is 1.15 bits per heavy atom. The van der Waals surface area contributed by atoms with Gasteiger partial charge in [0.25, 0.3) is 5.91 Å². The number of aliphatic imine (C=N–C) groups is 1. The smallest absolute Gasteiger partial charge is 0.264 e. The van der Waals surface area contributed by atoms with E-state index in [2.05, 4.69) is 15.3 Å². The van der Waals surface area contributed by atoms with Crippen molar-refractivity contribution in [2.45, 2.75) is 6.42 Å². The molecule has 4 rings (SSSR count). The zero-order chi connectivity index (χ0) is 18.6. The highest BCUT2D eigenvalue weighted by molar-refractivity contribution is 8.18. The first kappa shape index (κ1) is 17.8. The first-order valence-electron chi connectivity index (χ1n) is 8.52. The molecule has 4 nitrogen and oxygen atoms in total. The molecule has 1 aromatic heterocycles. The van der Waals surface area contributed by atoms with Crippen LogP contribution in [0.4, 0.5) is 0 Å². The molecule has 0 radical (unpaired) electrons. The predicted octanol–water partition coefficient (Wildman–Crippen LogP) is 4.69. The normalized spacial score (nSPS) is 17.0. The number of thioether (sulfide) groups is 1. The van der Waals surface area contributed by atoms with E-state index in [1.54, 1.807) is 6.20 Å². The minimum absolute atomic E-state index is 0.114. The van der Waals surface area contributed by atoms with Crippen LogP contribution in [0.15, 0.2) is 70.7 Å². The van der Waals surface area contributed by atoms with Crippen LogP contribution in [0.5, 0.6) is 0 Å². The monoisotopic (exact) mass is 393 g/mol. The molecule has 3 aromatic rings. The minimum atomic E-state index is -0.114. The number of rotatable bonds is 4. The molecule has 1 fully saturated rings. The number of nitrogens with one attached hydrogen (secondary N) is 1. The van der Waals surface area contributed by atoms with Crippen molar-refractivity contribution in [3.05, 3.63) is 81.8 Å². The number of nitrogens with zero attached hydrogens (tertiary/aromatic N) is 2. The number of carbonyl (C=O) groups is 1. The van der Waals surface area contributed by atoms with E-state index in [0.717, 1.165) is 27.9 Å². The van der Waals surface area contributed by atoms with Crippen LogP contribution in [0.2, 0.25) is 5.02 Å². The molecular weight excluding hydrogens is 378 g/mol. The van der Waals surface area contributed by atoms with E-state index in [9.17, 15) is 4.79 Å². The highest BCUT2D eigenvalue weighted by Gasteiger charge is 2.23. The van der Waals surface area contributed by atoms with Crippen molar-refractivity contribution in [1.29, 1.82) is 0 Å². The third kappa shape index (κ3) is 4.38. The van der Waals surface area contributed by atoms with Gasteiger partial charge in [-0.15, -0.1) is 0 Å². The summed E-state index contributed by atoms with van der Waals surface area (Å²) in [4.78, 5) is 21.7. The number of benzene rings is 2. The lowest BCUT2D eigenvalue weighted by Crippen LogP contribution is -2.20. The Morgan fingerprint density at radius 2 is 2.00 bits per heavy atom. The summed E-state index contributed by atoms with van der Waals surface area (Å²) in [7, 11) is 0. The van der Waals surface area contributed by atoms with E-state index in [1.807, 2.05) is 60.7 Å². The zero-order valence-corrected chi connectivity index (χ0v) is 15.9. The van der Waals surface area contributed by atoms with Gasteiger partial charge in [-0.05, 0) is 65.7 Å². The number of halogens is 1. The third-order valence-corrected chi connectivity index (χ3v) is 5.34. The Bertz CT molecular complexity index is 1060. The first-order valence-corrected chi connectivity index (χ1v) is 9.71. The van der Waals surface area contributed by atoms with Crippen LogP contribution in [0.3, 0.4) is 0 Å². The number of hydrogen-bond acceptors (Lipinski definition) is 4. The number of amides is 1. The fraction of sp³-hybridized carbons (Fsp3) is 0.0952. The van der Waals surface area contributed by atoms with Crippen molar-refractivity contribution in [2.24, 2.45) is 4.99 Å². The molecule has 0 atom stereocenters. The van der Waals surface area contributed by atoms with Crippen LogP contribution in [0, 0.1) is 0 Å². The van der Waals surface area contributed by atoms with Gasteiger partial charge in [0.15, 0.2) is 5.17 Å². The molecule has 27 heavy (non-hydrogen) atoms. The molecule has 2 aromatic carbocycles. The average Bonchev–Trinajstić information content (AvgIpc) is 3.02. The van der Waals surface area contributed by atoms with E-state index in [0.29, 0.717) is 16.6 Å². The molecule has 1 aliphatic heterocycles. The summed E-state index contributed by atoms with van der Waals surface area (Å²) in [6.07, 6.45) is 4.45. The second-order valence-electron chi connectivity index (χ2n) is 6.08. The predicted molar refractivity (Wildman–Crippen MR) is 113 cm³/mol. The van der Waals surface area contributed by atoms with Crippen molar-refractivity contribution in [3.8, 4) is 0 Å². The Kier molecular flexibility index (Phi) is 5.23. The van der Waals surface area contributed by atoms with Gasteiger partial charge < -0.3 is 5.32 Å². The molecule has 1 amide bonds. The van der Waals surface area contributed by atoms with Gasteiger partial charge in [0.1, 0.15) is 0 Å². The summed E-state index contributed by atoms with van der Waals surface area (Å²) in [5.41, 5.74) is 3.07. The Morgan fingerprint density at radius 3 is 2.85 bits per heavy atom. The highest BCUT2D eigenvalue weighted by Crippen LogP contribution is 2.27. The number of fused-ring (bicyclic) bond motifs is 1. The van der Waals surface area contributed by atoms with Gasteiger partial charge in [0.2, 0.25) is 0 Å². The Hall–Kier alpha value is -2.63. The fourth-order valence-electron chi connectivity index (χ4n) is 2.77. The SMILES string of the molecule is O=C1NC(=NCCc2ccc(Cl)cc2)S/C1=C\c1ccc2ncccc2c1. The lowest BCUT2D eigenvalue weighted by atomic mass is 10.1. The van der Waals surface area contributed by atoms with Crippen LogP contribution in [0.1, 0.15) is 11.1 Å². The van der Waals surface area contributed by atoms with Gasteiger partial charge in [-0.1, -0.05) is 35.9 Å². The number of hydrogen-bond donors (Lipinski definition) is 1. The van der Waals surface area contributed by atoms with Crippen LogP contribution < -0.4 is 5.32 Å². The second-order valence-corrected chi connectivity index (χ2v) is 7.55. The fourth-order valence-corrected chi connectivity index (χ4v) is 3.75. The van der Waals surface area contributed by atoms with Gasteiger partial charge >= 0.3 is 0 Å². The molecular formula is C21H16ClN3OS. The van der Waals surface area contributed by atoms with E-state index < -0.39 is 0 Å². The Balaban J connectivity index is 1.44. The van der Waals surface area contributed by atoms with E-state index in [-0.39, 0.29) is 5.91 Å². The van der Waals surface area contributed by atoms with Gasteiger partial charge in [0.05, 0.1) is 10.4 Å². The van der Waals surface area contributed by atoms with Gasteiger partial charge in [-0.2, -0.15) is 0 Å². The molecule has 0 saturated carbocycles. The molecule has 0 spiro atoms. The van der Waals surface area contributed by atoms with Crippen molar-refractivity contribution in [1.82, 2.24) is 10.3 Å². The number of pyridine rings is 1. The third-order valence-electron chi connectivity index (χ3n) is 4.14. The van der Waals surface area contributed by atoms with Crippen LogP contribution in [-0.2, 0) is 11.2 Å².